The predicted molar refractivity (Wildman–Crippen MR) is 553 cm³/mol. The Bertz CT molecular complexity index is 9570. The predicted octanol–water partition coefficient (Wildman–Crippen LogP) is 32.5. The lowest BCUT2D eigenvalue weighted by molar-refractivity contribution is 0.668. The molecule has 21 aromatic carbocycles. The number of furan rings is 4. The molecule has 28 aromatic rings. The van der Waals surface area contributed by atoms with Gasteiger partial charge in [0, 0.05) is 109 Å². The summed E-state index contributed by atoms with van der Waals surface area (Å²) in [5.74, 6) is 5.53. The van der Waals surface area contributed by atoms with E-state index >= 15 is 0 Å². The smallest absolute Gasteiger partial charge is 0.164 e. The summed E-state index contributed by atoms with van der Waals surface area (Å²) >= 11 is 0. The van der Waals surface area contributed by atoms with Gasteiger partial charge in [-0.05, 0) is 125 Å². The van der Waals surface area contributed by atoms with Gasteiger partial charge in [-0.2, -0.15) is 0 Å². The Morgan fingerprint density at radius 1 is 0.118 bits per heavy atom. The molecule has 0 aliphatic heterocycles. The molecule has 28 rings (SSSR count). The summed E-state index contributed by atoms with van der Waals surface area (Å²) in [6.45, 7) is 0. The van der Waals surface area contributed by atoms with Crippen molar-refractivity contribution in [2.45, 2.75) is 0 Å². The third-order valence-corrected chi connectivity index (χ3v) is 25.9. The summed E-state index contributed by atoms with van der Waals surface area (Å²) < 4.78 is 25.7. The SMILES string of the molecule is c1ccc(-c2ccc(-c3nc(-c4ccccc4)nc(-c4cc5oc6ccccc6c5c5c4ccc4ccccc45)n3)cc2)cc1.c1ccc(-c2nc(-c3cc4oc5ccccc5c4c4c3ccc3ccccc34)nc(-c3cccc4oc5ccccc5c34)n2)cc1.c1ccc(-c2nc(-c3ccccc3)nc(-c3cccc(-c4cc5oc6ccccc6c5c5c4ccc4ccccc45)c3)n2)cc1. The third kappa shape index (κ3) is 13.8. The van der Waals surface area contributed by atoms with Crippen LogP contribution in [-0.4, -0.2) is 44.9 Å². The monoisotopic (exact) mass is 1740 g/mol. The van der Waals surface area contributed by atoms with Gasteiger partial charge in [0.1, 0.15) is 44.7 Å². The van der Waals surface area contributed by atoms with Crippen molar-refractivity contribution in [3.8, 4) is 125 Å². The summed E-state index contributed by atoms with van der Waals surface area (Å²) in [5.41, 5.74) is 19.5. The van der Waals surface area contributed by atoms with Crippen LogP contribution in [0, 0.1) is 0 Å². The number of hydrogen-bond donors (Lipinski definition) is 0. The van der Waals surface area contributed by atoms with Gasteiger partial charge in [-0.25, -0.2) is 44.9 Å². The van der Waals surface area contributed by atoms with Crippen molar-refractivity contribution in [1.29, 1.82) is 0 Å². The zero-order valence-corrected chi connectivity index (χ0v) is 72.8. The first-order valence-corrected chi connectivity index (χ1v) is 45.4. The van der Waals surface area contributed by atoms with Crippen LogP contribution in [0.4, 0.5) is 0 Å². The van der Waals surface area contributed by atoms with Crippen LogP contribution in [0.5, 0.6) is 0 Å². The van der Waals surface area contributed by atoms with Crippen LogP contribution in [-0.2, 0) is 0 Å². The summed E-state index contributed by atoms with van der Waals surface area (Å²) in [5, 5.41) is 22.5. The number of aromatic nitrogens is 9. The summed E-state index contributed by atoms with van der Waals surface area (Å²) in [4.78, 5) is 45.5. The zero-order valence-electron chi connectivity index (χ0n) is 72.8. The molecule has 136 heavy (non-hydrogen) atoms. The van der Waals surface area contributed by atoms with E-state index in [2.05, 4.69) is 249 Å². The van der Waals surface area contributed by atoms with Gasteiger partial charge in [0.05, 0.1) is 0 Å². The third-order valence-electron chi connectivity index (χ3n) is 25.9. The van der Waals surface area contributed by atoms with Gasteiger partial charge in [0.25, 0.3) is 0 Å². The highest BCUT2D eigenvalue weighted by atomic mass is 16.3. The van der Waals surface area contributed by atoms with Crippen molar-refractivity contribution in [3.63, 3.8) is 0 Å². The van der Waals surface area contributed by atoms with Gasteiger partial charge in [-0.1, -0.05) is 388 Å². The Morgan fingerprint density at radius 3 is 0.765 bits per heavy atom. The molecule has 0 spiro atoms. The molecule has 0 saturated heterocycles. The van der Waals surface area contributed by atoms with E-state index in [0.29, 0.717) is 52.4 Å². The van der Waals surface area contributed by atoms with Gasteiger partial charge in [0.2, 0.25) is 0 Å². The highest BCUT2D eigenvalue weighted by molar-refractivity contribution is 6.32. The van der Waals surface area contributed by atoms with Crippen molar-refractivity contribution in [2.24, 2.45) is 0 Å². The molecule has 0 amide bonds. The number of nitrogens with zero attached hydrogens (tertiary/aromatic N) is 9. The molecule has 13 nitrogen and oxygen atoms in total. The lowest BCUT2D eigenvalue weighted by atomic mass is 9.91. The average Bonchev–Trinajstić information content (AvgIpc) is 1.52. The van der Waals surface area contributed by atoms with Crippen LogP contribution in [0.15, 0.2) is 461 Å². The van der Waals surface area contributed by atoms with Crippen LogP contribution in [0.25, 0.3) is 277 Å². The largest absolute Gasteiger partial charge is 0.456 e. The maximum Gasteiger partial charge on any atom is 0.164 e. The van der Waals surface area contributed by atoms with Crippen molar-refractivity contribution in [3.05, 3.63) is 443 Å². The van der Waals surface area contributed by atoms with Gasteiger partial charge >= 0.3 is 0 Å². The molecular weight excluding hydrogens is 1670 g/mol. The quantitative estimate of drug-likeness (QED) is 0.112. The minimum Gasteiger partial charge on any atom is -0.456 e. The van der Waals surface area contributed by atoms with Crippen molar-refractivity contribution >= 4 is 152 Å². The Hall–Kier alpha value is -18.6. The van der Waals surface area contributed by atoms with Crippen molar-refractivity contribution in [2.75, 3.05) is 0 Å². The fourth-order valence-corrected chi connectivity index (χ4v) is 19.6. The van der Waals surface area contributed by atoms with E-state index in [-0.39, 0.29) is 0 Å². The van der Waals surface area contributed by atoms with Gasteiger partial charge in [0.15, 0.2) is 52.4 Å². The average molecular weight is 1740 g/mol. The lowest BCUT2D eigenvalue weighted by Gasteiger charge is -2.13. The van der Waals surface area contributed by atoms with Crippen molar-refractivity contribution < 1.29 is 17.7 Å². The molecule has 0 unspecified atom stereocenters. The molecule has 7 heterocycles. The molecule has 0 saturated carbocycles. The van der Waals surface area contributed by atoms with E-state index in [9.17, 15) is 0 Å². The van der Waals surface area contributed by atoms with Gasteiger partial charge in [-0.15, -0.1) is 0 Å². The Morgan fingerprint density at radius 2 is 0.368 bits per heavy atom. The van der Waals surface area contributed by atoms with Gasteiger partial charge in [-0.3, -0.25) is 0 Å². The van der Waals surface area contributed by atoms with Crippen LogP contribution in [0.2, 0.25) is 0 Å². The molecule has 7 aromatic heterocycles. The van der Waals surface area contributed by atoms with E-state index < -0.39 is 0 Å². The molecule has 0 aliphatic carbocycles. The van der Waals surface area contributed by atoms with Crippen LogP contribution < -0.4 is 0 Å². The minimum absolute atomic E-state index is 0.580. The number of fused-ring (bicyclic) bond motifs is 24. The first-order chi connectivity index (χ1) is 67.4. The molecule has 0 radical (unpaired) electrons. The van der Waals surface area contributed by atoms with Gasteiger partial charge < -0.3 is 17.7 Å². The summed E-state index contributed by atoms with van der Waals surface area (Å²) in [6.07, 6.45) is 0. The van der Waals surface area contributed by atoms with Crippen LogP contribution in [0.3, 0.4) is 0 Å². The fourth-order valence-electron chi connectivity index (χ4n) is 19.6. The highest BCUT2D eigenvalue weighted by Gasteiger charge is 2.27. The van der Waals surface area contributed by atoms with Crippen molar-refractivity contribution in [1.82, 2.24) is 44.9 Å². The first kappa shape index (κ1) is 78.5. The molecule has 634 valence electrons. The van der Waals surface area contributed by atoms with Crippen LogP contribution in [0.1, 0.15) is 0 Å². The standard InChI is InChI=1S/C41H23N3O2.2C41H25N3O/c1-2-12-25(13-3-1)39-42-40(30-17-10-20-34-36(30)28-15-6-8-18-32(28)45-34)44-41(43-39)31-23-35-38(29-16-7-9-19-33(29)46-35)37-26-14-5-4-11-24(26)21-22-27(31)37;1-3-13-27(14-4-1)39-42-40(28-15-5-2-6-16-28)44-41(43-39)30-18-11-17-29(24-30)34-25-36-38(33-20-9-10-21-35(33)45-36)37-31-19-8-7-12-26(31)22-23-32(34)37;1-3-11-26(12-4-1)27-19-21-30(22-20-27)40-42-39(29-14-5-2-6-15-29)43-41(44-40)34-25-36-38(33-17-9-10-18-35(33)45-36)37-31-16-8-7-13-28(31)23-24-32(34)37/h1-23H;2*1-25H. The lowest BCUT2D eigenvalue weighted by Crippen LogP contribution is -2.01. The van der Waals surface area contributed by atoms with E-state index in [1.54, 1.807) is 0 Å². The highest BCUT2D eigenvalue weighted by Crippen LogP contribution is 2.49. The summed E-state index contributed by atoms with van der Waals surface area (Å²) in [6, 6.07) is 152. The number of hydrogen-bond acceptors (Lipinski definition) is 13. The number of benzene rings is 21. The molecule has 0 bridgehead atoms. The number of rotatable bonds is 11. The number of para-hydroxylation sites is 4. The van der Waals surface area contributed by atoms with E-state index in [1.807, 2.05) is 194 Å². The second-order valence-corrected chi connectivity index (χ2v) is 34.0. The normalized spacial score (nSPS) is 11.7. The Labute approximate surface area is 777 Å². The zero-order chi connectivity index (χ0) is 89.7. The molecule has 0 fully saturated rings. The van der Waals surface area contributed by atoms with E-state index in [0.717, 1.165) is 181 Å². The molecular formula is C123H73N9O4. The Kier molecular flexibility index (Phi) is 18.9. The molecule has 0 aliphatic rings. The minimum atomic E-state index is 0.580. The van der Waals surface area contributed by atoms with E-state index in [4.69, 9.17) is 62.5 Å². The first-order valence-electron chi connectivity index (χ1n) is 45.4. The maximum atomic E-state index is 6.51. The van der Waals surface area contributed by atoms with Crippen LogP contribution >= 0.6 is 0 Å². The fraction of sp³-hybridized carbons (Fsp3) is 0. The Balaban J connectivity index is 0.000000106. The maximum absolute atomic E-state index is 6.51. The van der Waals surface area contributed by atoms with E-state index in [1.165, 1.54) is 43.3 Å². The molecule has 0 atom stereocenters. The topological polar surface area (TPSA) is 169 Å². The molecule has 13 heteroatoms. The molecule has 0 N–H and O–H groups in total. The second kappa shape index (κ2) is 32.8. The summed E-state index contributed by atoms with van der Waals surface area (Å²) in [7, 11) is 0. The second-order valence-electron chi connectivity index (χ2n) is 34.0.